The van der Waals surface area contributed by atoms with E-state index >= 15 is 0 Å². The fourth-order valence-corrected chi connectivity index (χ4v) is 2.55. The topological polar surface area (TPSA) is 42.2 Å². The summed E-state index contributed by atoms with van der Waals surface area (Å²) in [5.74, 6) is -0.881. The molecule has 0 saturated carbocycles. The molecule has 82 valence electrons. The molecular weight excluding hydrogens is 202 g/mol. The van der Waals surface area contributed by atoms with Gasteiger partial charge in [0.2, 0.25) is 0 Å². The first-order valence-corrected chi connectivity index (χ1v) is 5.55. The van der Waals surface area contributed by atoms with Crippen molar-refractivity contribution in [2.24, 2.45) is 5.92 Å². The van der Waals surface area contributed by atoms with Crippen LogP contribution in [0.2, 0.25) is 0 Å². The number of carbonyl (C=O) groups is 1. The molecule has 16 heavy (non-hydrogen) atoms. The number of para-hydroxylation sites is 1. The molecule has 2 heterocycles. The molecule has 0 aliphatic carbocycles. The Labute approximate surface area is 93.3 Å². The minimum Gasteiger partial charge on any atom is -0.481 e. The number of rotatable bonds is 1. The van der Waals surface area contributed by atoms with Gasteiger partial charge in [-0.15, -0.1) is 0 Å². The Morgan fingerprint density at radius 1 is 1.38 bits per heavy atom. The highest BCUT2D eigenvalue weighted by atomic mass is 16.4. The number of carboxylic acids is 1. The smallest absolute Gasteiger partial charge is 0.306 e. The van der Waals surface area contributed by atoms with Gasteiger partial charge >= 0.3 is 5.97 Å². The molecule has 1 aromatic carbocycles. The molecule has 0 unspecified atom stereocenters. The lowest BCUT2D eigenvalue weighted by Gasteiger charge is -2.21. The summed E-state index contributed by atoms with van der Waals surface area (Å²) in [6.07, 6.45) is 1.39. The molecule has 0 fully saturated rings. The van der Waals surface area contributed by atoms with Gasteiger partial charge in [0.1, 0.15) is 0 Å². The summed E-state index contributed by atoms with van der Waals surface area (Å²) in [5.41, 5.74) is 2.38. The van der Waals surface area contributed by atoms with Crippen LogP contribution < -0.4 is 0 Å². The van der Waals surface area contributed by atoms with E-state index in [1.54, 1.807) is 0 Å². The zero-order valence-electron chi connectivity index (χ0n) is 8.89. The van der Waals surface area contributed by atoms with Crippen LogP contribution in [0.15, 0.2) is 30.3 Å². The number of hydrogen-bond acceptors (Lipinski definition) is 1. The summed E-state index contributed by atoms with van der Waals surface area (Å²) in [7, 11) is 0. The highest BCUT2D eigenvalue weighted by molar-refractivity contribution is 5.82. The lowest BCUT2D eigenvalue weighted by Crippen LogP contribution is -2.24. The second-order valence-electron chi connectivity index (χ2n) is 4.37. The van der Waals surface area contributed by atoms with Crippen LogP contribution >= 0.6 is 0 Å². The fourth-order valence-electron chi connectivity index (χ4n) is 2.55. The van der Waals surface area contributed by atoms with Crippen LogP contribution in [-0.4, -0.2) is 15.6 Å². The van der Waals surface area contributed by atoms with Crippen molar-refractivity contribution in [2.45, 2.75) is 19.4 Å². The van der Waals surface area contributed by atoms with Gasteiger partial charge in [0.15, 0.2) is 0 Å². The van der Waals surface area contributed by atoms with E-state index in [0.29, 0.717) is 6.42 Å². The van der Waals surface area contributed by atoms with Gasteiger partial charge in [-0.3, -0.25) is 4.79 Å². The zero-order chi connectivity index (χ0) is 11.1. The lowest BCUT2D eigenvalue weighted by atomic mass is 9.96. The normalized spacial score (nSPS) is 19.6. The number of nitrogens with zero attached hydrogens (tertiary/aromatic N) is 1. The van der Waals surface area contributed by atoms with Gasteiger partial charge in [0.25, 0.3) is 0 Å². The third-order valence-electron chi connectivity index (χ3n) is 3.40. The maximum atomic E-state index is 11.0. The third kappa shape index (κ3) is 1.32. The average molecular weight is 215 g/mol. The van der Waals surface area contributed by atoms with Crippen LogP contribution in [0.3, 0.4) is 0 Å². The molecule has 1 atom stereocenters. The zero-order valence-corrected chi connectivity index (χ0v) is 8.89. The number of aliphatic carboxylic acids is 1. The van der Waals surface area contributed by atoms with Gasteiger partial charge < -0.3 is 9.67 Å². The Kier molecular flexibility index (Phi) is 1.99. The highest BCUT2D eigenvalue weighted by Gasteiger charge is 2.25. The van der Waals surface area contributed by atoms with E-state index in [1.807, 2.05) is 12.1 Å². The summed E-state index contributed by atoms with van der Waals surface area (Å²) in [6, 6.07) is 10.3. The summed E-state index contributed by atoms with van der Waals surface area (Å²) >= 11 is 0. The monoisotopic (exact) mass is 215 g/mol. The van der Waals surface area contributed by atoms with Crippen molar-refractivity contribution in [1.82, 2.24) is 4.57 Å². The van der Waals surface area contributed by atoms with Crippen LogP contribution in [0, 0.1) is 5.92 Å². The van der Waals surface area contributed by atoms with Crippen molar-refractivity contribution in [3.05, 3.63) is 36.0 Å². The van der Waals surface area contributed by atoms with Gasteiger partial charge in [0.05, 0.1) is 5.92 Å². The Bertz CT molecular complexity index is 556. The van der Waals surface area contributed by atoms with Crippen molar-refractivity contribution in [1.29, 1.82) is 0 Å². The molecule has 1 N–H and O–H groups in total. The van der Waals surface area contributed by atoms with Crippen molar-refractivity contribution < 1.29 is 9.90 Å². The second-order valence-corrected chi connectivity index (χ2v) is 4.37. The summed E-state index contributed by atoms with van der Waals surface area (Å²) in [5, 5.41) is 10.2. The predicted molar refractivity (Wildman–Crippen MR) is 61.4 cm³/mol. The summed E-state index contributed by atoms with van der Waals surface area (Å²) < 4.78 is 2.24. The van der Waals surface area contributed by atoms with E-state index < -0.39 is 5.97 Å². The number of hydrogen-bond donors (Lipinski definition) is 1. The van der Waals surface area contributed by atoms with Gasteiger partial charge in [-0.05, 0) is 23.9 Å². The van der Waals surface area contributed by atoms with Gasteiger partial charge in [-0.2, -0.15) is 0 Å². The molecule has 2 aromatic rings. The molecular formula is C13H13NO2. The van der Waals surface area contributed by atoms with Crippen molar-refractivity contribution in [3.63, 3.8) is 0 Å². The van der Waals surface area contributed by atoms with Crippen molar-refractivity contribution in [3.8, 4) is 0 Å². The summed E-state index contributed by atoms with van der Waals surface area (Å²) in [6.45, 7) is 0.819. The molecule has 3 rings (SSSR count). The number of benzene rings is 1. The van der Waals surface area contributed by atoms with Crippen molar-refractivity contribution >= 4 is 16.9 Å². The summed E-state index contributed by atoms with van der Waals surface area (Å²) in [4.78, 5) is 11.0. The number of aryl methyl sites for hydroxylation is 1. The average Bonchev–Trinajstić information content (AvgIpc) is 2.66. The van der Waals surface area contributed by atoms with E-state index in [0.717, 1.165) is 18.7 Å². The molecule has 3 heteroatoms. The van der Waals surface area contributed by atoms with Crippen LogP contribution in [0.25, 0.3) is 10.9 Å². The predicted octanol–water partition coefficient (Wildman–Crippen LogP) is 2.29. The van der Waals surface area contributed by atoms with Crippen LogP contribution in [0.5, 0.6) is 0 Å². The van der Waals surface area contributed by atoms with Crippen LogP contribution in [-0.2, 0) is 17.8 Å². The van der Waals surface area contributed by atoms with Crippen molar-refractivity contribution in [2.75, 3.05) is 0 Å². The van der Waals surface area contributed by atoms with Gasteiger partial charge in [-0.25, -0.2) is 0 Å². The molecule has 0 radical (unpaired) electrons. The Morgan fingerprint density at radius 3 is 3.00 bits per heavy atom. The molecule has 0 spiro atoms. The largest absolute Gasteiger partial charge is 0.481 e. The molecule has 0 saturated heterocycles. The van der Waals surface area contributed by atoms with Gasteiger partial charge in [-0.1, -0.05) is 18.2 Å². The van der Waals surface area contributed by atoms with Crippen LogP contribution in [0.4, 0.5) is 0 Å². The minimum atomic E-state index is -0.670. The SMILES string of the molecule is O=C(O)[C@H]1CCn2c(cc3ccccc32)C1. The first-order valence-electron chi connectivity index (χ1n) is 5.55. The lowest BCUT2D eigenvalue weighted by molar-refractivity contribution is -0.142. The van der Waals surface area contributed by atoms with E-state index in [9.17, 15) is 4.79 Å². The molecule has 0 bridgehead atoms. The Hall–Kier alpha value is -1.77. The first kappa shape index (κ1) is 9.46. The fraction of sp³-hybridized carbons (Fsp3) is 0.308. The first-order chi connectivity index (χ1) is 7.75. The van der Waals surface area contributed by atoms with E-state index in [2.05, 4.69) is 22.8 Å². The molecule has 1 aromatic heterocycles. The van der Waals surface area contributed by atoms with Gasteiger partial charge in [0, 0.05) is 24.2 Å². The molecule has 3 nitrogen and oxygen atoms in total. The Balaban J connectivity index is 2.09. The standard InChI is InChI=1S/C13H13NO2/c15-13(16)10-5-6-14-11(8-10)7-9-3-1-2-4-12(9)14/h1-4,7,10H,5-6,8H2,(H,15,16)/t10-/m0/s1. The second kappa shape index (κ2) is 3.37. The molecule has 1 aliphatic heterocycles. The van der Waals surface area contributed by atoms with E-state index in [-0.39, 0.29) is 5.92 Å². The van der Waals surface area contributed by atoms with E-state index in [4.69, 9.17) is 5.11 Å². The third-order valence-corrected chi connectivity index (χ3v) is 3.40. The number of aromatic nitrogens is 1. The maximum absolute atomic E-state index is 11.0. The Morgan fingerprint density at radius 2 is 2.19 bits per heavy atom. The molecule has 1 aliphatic rings. The quantitative estimate of drug-likeness (QED) is 0.793. The van der Waals surface area contributed by atoms with Crippen LogP contribution in [0.1, 0.15) is 12.1 Å². The maximum Gasteiger partial charge on any atom is 0.306 e. The van der Waals surface area contributed by atoms with E-state index in [1.165, 1.54) is 10.9 Å². The number of carboxylic acid groups (broad SMARTS) is 1. The molecule has 0 amide bonds. The number of fused-ring (bicyclic) bond motifs is 3. The highest BCUT2D eigenvalue weighted by Crippen LogP contribution is 2.27. The minimum absolute atomic E-state index is 0.211.